The fourth-order valence-electron chi connectivity index (χ4n) is 2.06. The number of carbonyl (C=O) groups is 1. The van der Waals surface area contributed by atoms with Crippen LogP contribution in [0.15, 0.2) is 46.9 Å². The first-order chi connectivity index (χ1) is 9.47. The average molecular weight is 333 g/mol. The summed E-state index contributed by atoms with van der Waals surface area (Å²) < 4.78 is 1.05. The zero-order valence-electron chi connectivity index (χ0n) is 11.5. The number of anilines is 2. The molecule has 0 saturated heterocycles. The van der Waals surface area contributed by atoms with Gasteiger partial charge in [0.25, 0.3) is 0 Å². The Morgan fingerprint density at radius 1 is 1.25 bits per heavy atom. The van der Waals surface area contributed by atoms with Crippen LogP contribution in [0.2, 0.25) is 0 Å². The summed E-state index contributed by atoms with van der Waals surface area (Å²) in [7, 11) is 0. The summed E-state index contributed by atoms with van der Waals surface area (Å²) in [4.78, 5) is 11.5. The first kappa shape index (κ1) is 14.6. The molecular formula is C16H17BrN2O. The van der Waals surface area contributed by atoms with Gasteiger partial charge in [-0.05, 0) is 49.7 Å². The monoisotopic (exact) mass is 332 g/mol. The standard InChI is InChI=1S/C16H17BrN2O/c1-10(12-4-3-5-13(17)8-12)19-14-6-7-16(18)15(9-14)11(2)20/h3-10,19H,18H2,1-2H3. The molecule has 0 spiro atoms. The van der Waals surface area contributed by atoms with Crippen molar-refractivity contribution in [2.45, 2.75) is 19.9 Å². The van der Waals surface area contributed by atoms with Crippen LogP contribution < -0.4 is 11.1 Å². The minimum atomic E-state index is -0.0266. The molecule has 1 atom stereocenters. The van der Waals surface area contributed by atoms with Crippen LogP contribution >= 0.6 is 15.9 Å². The molecule has 0 heterocycles. The van der Waals surface area contributed by atoms with Crippen molar-refractivity contribution in [3.8, 4) is 0 Å². The van der Waals surface area contributed by atoms with E-state index in [4.69, 9.17) is 5.73 Å². The second-order valence-electron chi connectivity index (χ2n) is 4.78. The van der Waals surface area contributed by atoms with Gasteiger partial charge in [-0.15, -0.1) is 0 Å². The van der Waals surface area contributed by atoms with Crippen LogP contribution in [0, 0.1) is 0 Å². The van der Waals surface area contributed by atoms with Gasteiger partial charge in [-0.1, -0.05) is 28.1 Å². The van der Waals surface area contributed by atoms with Crippen LogP contribution in [-0.4, -0.2) is 5.78 Å². The molecule has 0 saturated carbocycles. The molecule has 0 aliphatic rings. The highest BCUT2D eigenvalue weighted by Gasteiger charge is 2.09. The lowest BCUT2D eigenvalue weighted by Crippen LogP contribution is -2.08. The van der Waals surface area contributed by atoms with Gasteiger partial charge in [0, 0.05) is 27.5 Å². The molecule has 0 aliphatic heterocycles. The maximum Gasteiger partial charge on any atom is 0.161 e. The van der Waals surface area contributed by atoms with Gasteiger partial charge in [0.1, 0.15) is 0 Å². The maximum absolute atomic E-state index is 11.5. The highest BCUT2D eigenvalue weighted by molar-refractivity contribution is 9.10. The molecule has 0 aromatic heterocycles. The highest BCUT2D eigenvalue weighted by atomic mass is 79.9. The Kier molecular flexibility index (Phi) is 4.45. The predicted octanol–water partition coefficient (Wildman–Crippen LogP) is 4.41. The predicted molar refractivity (Wildman–Crippen MR) is 87.0 cm³/mol. The number of hydrogen-bond acceptors (Lipinski definition) is 3. The maximum atomic E-state index is 11.5. The van der Waals surface area contributed by atoms with Gasteiger partial charge in [0.05, 0.1) is 0 Å². The van der Waals surface area contributed by atoms with E-state index in [2.05, 4.69) is 40.3 Å². The molecule has 2 aromatic carbocycles. The third-order valence-corrected chi connectivity index (χ3v) is 3.66. The van der Waals surface area contributed by atoms with Crippen molar-refractivity contribution >= 4 is 33.1 Å². The zero-order valence-corrected chi connectivity index (χ0v) is 13.1. The number of benzene rings is 2. The summed E-state index contributed by atoms with van der Waals surface area (Å²) in [5.41, 5.74) is 8.91. The number of nitrogens with one attached hydrogen (secondary N) is 1. The molecule has 0 fully saturated rings. The Labute approximate surface area is 127 Å². The van der Waals surface area contributed by atoms with Gasteiger partial charge in [-0.2, -0.15) is 0 Å². The van der Waals surface area contributed by atoms with Crippen molar-refractivity contribution in [2.75, 3.05) is 11.1 Å². The molecule has 4 heteroatoms. The lowest BCUT2D eigenvalue weighted by atomic mass is 10.1. The fraction of sp³-hybridized carbons (Fsp3) is 0.188. The third kappa shape index (κ3) is 3.39. The Bertz CT molecular complexity index is 640. The smallest absolute Gasteiger partial charge is 0.161 e. The number of rotatable bonds is 4. The van der Waals surface area contributed by atoms with Gasteiger partial charge in [0.2, 0.25) is 0 Å². The summed E-state index contributed by atoms with van der Waals surface area (Å²) in [5, 5.41) is 3.38. The number of carbonyl (C=O) groups excluding carboxylic acids is 1. The van der Waals surface area contributed by atoms with Crippen molar-refractivity contribution in [2.24, 2.45) is 0 Å². The molecule has 3 N–H and O–H groups in total. The Morgan fingerprint density at radius 2 is 2.00 bits per heavy atom. The minimum absolute atomic E-state index is 0.0266. The van der Waals surface area contributed by atoms with E-state index in [-0.39, 0.29) is 11.8 Å². The van der Waals surface area contributed by atoms with Gasteiger partial charge in [0.15, 0.2) is 5.78 Å². The van der Waals surface area contributed by atoms with E-state index in [0.29, 0.717) is 11.3 Å². The van der Waals surface area contributed by atoms with Crippen LogP contribution in [0.3, 0.4) is 0 Å². The molecule has 1 unspecified atom stereocenters. The topological polar surface area (TPSA) is 55.1 Å². The van der Waals surface area contributed by atoms with Crippen LogP contribution in [0.25, 0.3) is 0 Å². The molecule has 0 bridgehead atoms. The number of nitrogens with two attached hydrogens (primary N) is 1. The number of ketones is 1. The lowest BCUT2D eigenvalue weighted by Gasteiger charge is -2.17. The van der Waals surface area contributed by atoms with E-state index in [9.17, 15) is 4.79 Å². The second kappa shape index (κ2) is 6.09. The summed E-state index contributed by atoms with van der Waals surface area (Å²) in [6.45, 7) is 3.60. The number of hydrogen-bond donors (Lipinski definition) is 2. The molecule has 2 aromatic rings. The Balaban J connectivity index is 2.22. The summed E-state index contributed by atoms with van der Waals surface area (Å²) in [6.07, 6.45) is 0. The van der Waals surface area contributed by atoms with Gasteiger partial charge < -0.3 is 11.1 Å². The van der Waals surface area contributed by atoms with Gasteiger partial charge >= 0.3 is 0 Å². The van der Waals surface area contributed by atoms with Crippen LogP contribution in [0.5, 0.6) is 0 Å². The quantitative estimate of drug-likeness (QED) is 0.644. The highest BCUT2D eigenvalue weighted by Crippen LogP contribution is 2.24. The average Bonchev–Trinajstić information content (AvgIpc) is 2.40. The van der Waals surface area contributed by atoms with Crippen molar-refractivity contribution in [1.82, 2.24) is 0 Å². The van der Waals surface area contributed by atoms with Crippen LogP contribution in [0.1, 0.15) is 35.8 Å². The minimum Gasteiger partial charge on any atom is -0.398 e. The normalized spacial score (nSPS) is 11.9. The number of nitrogen functional groups attached to an aromatic ring is 1. The van der Waals surface area contributed by atoms with Crippen molar-refractivity contribution in [3.05, 3.63) is 58.1 Å². The molecule has 2 rings (SSSR count). The van der Waals surface area contributed by atoms with Crippen LogP contribution in [-0.2, 0) is 0 Å². The van der Waals surface area contributed by atoms with E-state index in [1.165, 1.54) is 12.5 Å². The lowest BCUT2D eigenvalue weighted by molar-refractivity contribution is 0.101. The first-order valence-corrected chi connectivity index (χ1v) is 7.19. The van der Waals surface area contributed by atoms with E-state index >= 15 is 0 Å². The van der Waals surface area contributed by atoms with Crippen molar-refractivity contribution in [3.63, 3.8) is 0 Å². The molecule has 3 nitrogen and oxygen atoms in total. The third-order valence-electron chi connectivity index (χ3n) is 3.16. The van der Waals surface area contributed by atoms with E-state index in [1.54, 1.807) is 12.1 Å². The Morgan fingerprint density at radius 3 is 2.65 bits per heavy atom. The Hall–Kier alpha value is -1.81. The largest absolute Gasteiger partial charge is 0.398 e. The van der Waals surface area contributed by atoms with Crippen molar-refractivity contribution in [1.29, 1.82) is 0 Å². The summed E-state index contributed by atoms with van der Waals surface area (Å²) in [5.74, 6) is -0.0266. The van der Waals surface area contributed by atoms with Gasteiger partial charge in [-0.3, -0.25) is 4.79 Å². The molecule has 104 valence electrons. The molecule has 0 amide bonds. The zero-order chi connectivity index (χ0) is 14.7. The summed E-state index contributed by atoms with van der Waals surface area (Å²) in [6, 6.07) is 13.7. The van der Waals surface area contributed by atoms with E-state index in [0.717, 1.165) is 10.2 Å². The molecule has 20 heavy (non-hydrogen) atoms. The van der Waals surface area contributed by atoms with Crippen LogP contribution in [0.4, 0.5) is 11.4 Å². The fourth-order valence-corrected chi connectivity index (χ4v) is 2.48. The van der Waals surface area contributed by atoms with Gasteiger partial charge in [-0.25, -0.2) is 0 Å². The SMILES string of the molecule is CC(=O)c1cc(NC(C)c2cccc(Br)c2)ccc1N. The summed E-state index contributed by atoms with van der Waals surface area (Å²) >= 11 is 3.47. The van der Waals surface area contributed by atoms with E-state index < -0.39 is 0 Å². The number of halogens is 1. The molecule has 0 radical (unpaired) electrons. The first-order valence-electron chi connectivity index (χ1n) is 6.40. The molecular weight excluding hydrogens is 316 g/mol. The number of Topliss-reactive ketones (excluding diaryl/α,β-unsaturated/α-hetero) is 1. The second-order valence-corrected chi connectivity index (χ2v) is 5.69. The molecule has 0 aliphatic carbocycles. The van der Waals surface area contributed by atoms with E-state index in [1.807, 2.05) is 18.2 Å². The van der Waals surface area contributed by atoms with Crippen molar-refractivity contribution < 1.29 is 4.79 Å².